The number of hydrazine groups is 1. The molecule has 1 saturated heterocycles. The van der Waals surface area contributed by atoms with E-state index in [1.165, 1.54) is 4.68 Å². The molecule has 3 rings (SSSR count). The lowest BCUT2D eigenvalue weighted by Gasteiger charge is -2.30. The second kappa shape index (κ2) is 5.39. The fraction of sp³-hybridized carbons (Fsp3) is 0.455. The van der Waals surface area contributed by atoms with Crippen LogP contribution in [0.3, 0.4) is 0 Å². The Labute approximate surface area is 115 Å². The highest BCUT2D eigenvalue weighted by atomic mass is 16.3. The van der Waals surface area contributed by atoms with E-state index in [2.05, 4.69) is 25.5 Å². The molecule has 20 heavy (non-hydrogen) atoms. The molecule has 0 amide bonds. The largest absolute Gasteiger partial charge is 0.391 e. The molecule has 9 heteroatoms. The lowest BCUT2D eigenvalue weighted by Crippen LogP contribution is -2.39. The average Bonchev–Trinajstić information content (AvgIpc) is 3.01. The van der Waals surface area contributed by atoms with Gasteiger partial charge in [-0.3, -0.25) is 5.43 Å². The smallest absolute Gasteiger partial charge is 0.257 e. The van der Waals surface area contributed by atoms with Gasteiger partial charge in [0.05, 0.1) is 6.10 Å². The number of hydrogen-bond donors (Lipinski definition) is 3. The van der Waals surface area contributed by atoms with Crippen LogP contribution in [0.15, 0.2) is 18.5 Å². The van der Waals surface area contributed by atoms with Crippen molar-refractivity contribution in [3.05, 3.63) is 18.5 Å². The molecule has 9 nitrogen and oxygen atoms in total. The molecule has 0 spiro atoms. The van der Waals surface area contributed by atoms with Crippen LogP contribution in [0.4, 0.5) is 11.9 Å². The molecule has 3 heterocycles. The number of anilines is 2. The Morgan fingerprint density at radius 1 is 1.30 bits per heavy atom. The van der Waals surface area contributed by atoms with Gasteiger partial charge in [0.2, 0.25) is 11.9 Å². The molecule has 0 saturated carbocycles. The summed E-state index contributed by atoms with van der Waals surface area (Å²) >= 11 is 0. The summed E-state index contributed by atoms with van der Waals surface area (Å²) < 4.78 is 1.53. The molecular formula is C11H16N8O. The second-order valence-corrected chi connectivity index (χ2v) is 4.60. The number of aromatic nitrogens is 5. The van der Waals surface area contributed by atoms with E-state index in [9.17, 15) is 5.11 Å². The molecule has 0 bridgehead atoms. The summed E-state index contributed by atoms with van der Waals surface area (Å²) in [7, 11) is 0. The third-order valence-electron chi connectivity index (χ3n) is 3.13. The first-order valence-corrected chi connectivity index (χ1v) is 6.42. The van der Waals surface area contributed by atoms with Crippen molar-refractivity contribution in [3.63, 3.8) is 0 Å². The van der Waals surface area contributed by atoms with Gasteiger partial charge in [-0.15, -0.1) is 0 Å². The van der Waals surface area contributed by atoms with Gasteiger partial charge in [0.15, 0.2) is 0 Å². The van der Waals surface area contributed by atoms with Gasteiger partial charge in [-0.05, 0) is 18.9 Å². The number of nitrogens with one attached hydrogen (secondary N) is 1. The number of piperidine rings is 1. The third kappa shape index (κ3) is 2.53. The first kappa shape index (κ1) is 12.8. The first-order valence-electron chi connectivity index (χ1n) is 6.42. The highest BCUT2D eigenvalue weighted by Gasteiger charge is 2.21. The fourth-order valence-electron chi connectivity index (χ4n) is 2.19. The SMILES string of the molecule is NNc1nc(N2CCCC(O)C2)nc(-n2cccn2)n1. The van der Waals surface area contributed by atoms with Crippen molar-refractivity contribution in [1.29, 1.82) is 0 Å². The number of nitrogens with two attached hydrogens (primary N) is 1. The van der Waals surface area contributed by atoms with E-state index in [1.807, 2.05) is 4.90 Å². The van der Waals surface area contributed by atoms with E-state index in [0.717, 1.165) is 19.4 Å². The predicted molar refractivity (Wildman–Crippen MR) is 72.2 cm³/mol. The zero-order valence-electron chi connectivity index (χ0n) is 10.8. The summed E-state index contributed by atoms with van der Waals surface area (Å²) in [6, 6.07) is 1.78. The van der Waals surface area contributed by atoms with Gasteiger partial charge >= 0.3 is 0 Å². The number of nitrogens with zero attached hydrogens (tertiary/aromatic N) is 6. The first-order chi connectivity index (χ1) is 9.76. The van der Waals surface area contributed by atoms with Crippen LogP contribution in [0.2, 0.25) is 0 Å². The van der Waals surface area contributed by atoms with E-state index in [-0.39, 0.29) is 12.1 Å². The molecule has 2 aromatic rings. The van der Waals surface area contributed by atoms with E-state index >= 15 is 0 Å². The molecule has 1 atom stereocenters. The van der Waals surface area contributed by atoms with Crippen molar-refractivity contribution in [2.24, 2.45) is 5.84 Å². The minimum absolute atomic E-state index is 0.264. The number of nitrogen functional groups attached to an aromatic ring is 1. The maximum Gasteiger partial charge on any atom is 0.257 e. The molecular weight excluding hydrogens is 260 g/mol. The van der Waals surface area contributed by atoms with Crippen molar-refractivity contribution in [1.82, 2.24) is 24.7 Å². The van der Waals surface area contributed by atoms with Crippen LogP contribution >= 0.6 is 0 Å². The monoisotopic (exact) mass is 276 g/mol. The van der Waals surface area contributed by atoms with Gasteiger partial charge in [-0.2, -0.15) is 20.1 Å². The van der Waals surface area contributed by atoms with Crippen molar-refractivity contribution in [2.45, 2.75) is 18.9 Å². The number of hydrogen-bond acceptors (Lipinski definition) is 8. The quantitative estimate of drug-likeness (QED) is 0.497. The van der Waals surface area contributed by atoms with Gasteiger partial charge in [-0.1, -0.05) is 0 Å². The van der Waals surface area contributed by atoms with E-state index in [4.69, 9.17) is 5.84 Å². The minimum atomic E-state index is -0.358. The summed E-state index contributed by atoms with van der Waals surface area (Å²) in [6.45, 7) is 1.30. The van der Waals surface area contributed by atoms with Crippen LogP contribution in [0, 0.1) is 0 Å². The molecule has 1 fully saturated rings. The van der Waals surface area contributed by atoms with Crippen LogP contribution in [-0.2, 0) is 0 Å². The Bertz CT molecular complexity index is 572. The fourth-order valence-corrected chi connectivity index (χ4v) is 2.19. The summed E-state index contributed by atoms with van der Waals surface area (Å²) in [6.07, 6.45) is 4.72. The maximum atomic E-state index is 9.75. The van der Waals surface area contributed by atoms with Gasteiger partial charge in [0.1, 0.15) is 0 Å². The lowest BCUT2D eigenvalue weighted by atomic mass is 10.1. The van der Waals surface area contributed by atoms with Crippen LogP contribution in [0.5, 0.6) is 0 Å². The van der Waals surface area contributed by atoms with Gasteiger partial charge in [-0.25, -0.2) is 10.5 Å². The summed E-state index contributed by atoms with van der Waals surface area (Å²) in [5.74, 6) is 6.53. The molecule has 0 aliphatic carbocycles. The highest BCUT2D eigenvalue weighted by Crippen LogP contribution is 2.18. The van der Waals surface area contributed by atoms with Gasteiger partial charge in [0.25, 0.3) is 5.95 Å². The minimum Gasteiger partial charge on any atom is -0.391 e. The normalized spacial score (nSPS) is 19.1. The molecule has 0 aromatic carbocycles. The number of aliphatic hydroxyl groups is 1. The molecule has 106 valence electrons. The molecule has 2 aromatic heterocycles. The molecule has 1 unspecified atom stereocenters. The number of aliphatic hydroxyl groups excluding tert-OH is 1. The Kier molecular flexibility index (Phi) is 3.44. The van der Waals surface area contributed by atoms with Crippen molar-refractivity contribution in [2.75, 3.05) is 23.4 Å². The van der Waals surface area contributed by atoms with Crippen molar-refractivity contribution >= 4 is 11.9 Å². The Morgan fingerprint density at radius 3 is 2.85 bits per heavy atom. The highest BCUT2D eigenvalue weighted by molar-refractivity contribution is 5.39. The average molecular weight is 276 g/mol. The van der Waals surface area contributed by atoms with Crippen LogP contribution in [0.25, 0.3) is 5.95 Å². The van der Waals surface area contributed by atoms with E-state index in [1.54, 1.807) is 18.5 Å². The van der Waals surface area contributed by atoms with Crippen LogP contribution in [-0.4, -0.2) is 49.0 Å². The molecule has 4 N–H and O–H groups in total. The zero-order valence-corrected chi connectivity index (χ0v) is 10.8. The standard InChI is InChI=1S/C11H16N8O/c12-17-9-14-10(18-5-1-3-8(20)7-18)16-11(15-9)19-6-2-4-13-19/h2,4,6,8,20H,1,3,5,7,12H2,(H,14,15,16,17). The summed E-state index contributed by atoms with van der Waals surface area (Å²) in [5, 5.41) is 13.8. The third-order valence-corrected chi connectivity index (χ3v) is 3.13. The summed E-state index contributed by atoms with van der Waals surface area (Å²) in [5.41, 5.74) is 2.43. The zero-order chi connectivity index (χ0) is 13.9. The number of β-amino-alcohol motifs (C(OH)–C–C–N with tert-alkyl or cyclic N) is 1. The van der Waals surface area contributed by atoms with Crippen LogP contribution in [0.1, 0.15) is 12.8 Å². The summed E-state index contributed by atoms with van der Waals surface area (Å²) in [4.78, 5) is 14.7. The second-order valence-electron chi connectivity index (χ2n) is 4.60. The van der Waals surface area contributed by atoms with Gasteiger partial charge in [0, 0.05) is 25.5 Å². The Balaban J connectivity index is 1.96. The van der Waals surface area contributed by atoms with Crippen molar-refractivity contribution < 1.29 is 5.11 Å². The van der Waals surface area contributed by atoms with E-state index in [0.29, 0.717) is 18.4 Å². The number of rotatable bonds is 3. The van der Waals surface area contributed by atoms with E-state index < -0.39 is 0 Å². The molecule has 1 aliphatic rings. The van der Waals surface area contributed by atoms with Gasteiger partial charge < -0.3 is 10.0 Å². The maximum absolute atomic E-state index is 9.75. The Morgan fingerprint density at radius 2 is 2.15 bits per heavy atom. The predicted octanol–water partition coefficient (Wildman–Crippen LogP) is -0.696. The van der Waals surface area contributed by atoms with Crippen LogP contribution < -0.4 is 16.2 Å². The Hall–Kier alpha value is -2.26. The topological polar surface area (TPSA) is 118 Å². The van der Waals surface area contributed by atoms with Crippen molar-refractivity contribution in [3.8, 4) is 5.95 Å². The lowest BCUT2D eigenvalue weighted by molar-refractivity contribution is 0.153. The molecule has 0 radical (unpaired) electrons. The molecule has 1 aliphatic heterocycles.